The number of nitrogens with one attached hydrogen (secondary N) is 2. The average Bonchev–Trinajstić information content (AvgIpc) is 3.54. The number of alkyl halides is 1. The van der Waals surface area contributed by atoms with Gasteiger partial charge in [0, 0.05) is 42.7 Å². The van der Waals surface area contributed by atoms with E-state index >= 15 is 0 Å². The number of halogens is 2. The molecular weight excluding hydrogens is 609 g/mol. The Morgan fingerprint density at radius 3 is 2.17 bits per heavy atom. The van der Waals surface area contributed by atoms with Crippen molar-refractivity contribution in [2.24, 2.45) is 0 Å². The van der Waals surface area contributed by atoms with Gasteiger partial charge in [0.15, 0.2) is 0 Å². The highest BCUT2D eigenvalue weighted by Crippen LogP contribution is 2.36. The maximum Gasteiger partial charge on any atom is 0.140 e. The summed E-state index contributed by atoms with van der Waals surface area (Å²) in [6.07, 6.45) is 2.03. The fourth-order valence-corrected chi connectivity index (χ4v) is 5.29. The third kappa shape index (κ3) is 4.34. The van der Waals surface area contributed by atoms with Crippen LogP contribution in [0.25, 0.3) is 55.9 Å². The highest BCUT2D eigenvalue weighted by molar-refractivity contribution is 14.1. The monoisotopic (exact) mass is 629 g/mol. The van der Waals surface area contributed by atoms with Crippen LogP contribution < -0.4 is 0 Å². The largest absolute Gasteiger partial charge is 0.360 e. The number of rotatable bonds is 5. The molecule has 3 nitrogen and oxygen atoms in total. The molecule has 0 saturated carbocycles. The molecule has 0 bridgehead atoms. The van der Waals surface area contributed by atoms with Crippen molar-refractivity contribution in [2.75, 3.05) is 0 Å². The first-order valence-corrected chi connectivity index (χ1v) is 13.7. The van der Waals surface area contributed by atoms with E-state index in [-0.39, 0.29) is 0 Å². The molecule has 170 valence electrons. The molecular formula is C30H21BrIN3. The molecule has 2 N–H and O–H groups in total. The highest BCUT2D eigenvalue weighted by Gasteiger charge is 2.18. The molecule has 6 rings (SSSR count). The lowest BCUT2D eigenvalue weighted by Gasteiger charge is -2.06. The molecule has 0 radical (unpaired) electrons. The fraction of sp³-hybridized carbons (Fsp3) is 0.0333. The summed E-state index contributed by atoms with van der Waals surface area (Å²) in [6, 6.07) is 34.1. The van der Waals surface area contributed by atoms with Gasteiger partial charge in [-0.05, 0) is 34.9 Å². The van der Waals surface area contributed by atoms with E-state index in [1.54, 1.807) is 0 Å². The molecule has 2 heterocycles. The summed E-state index contributed by atoms with van der Waals surface area (Å²) in [7, 11) is 0. The summed E-state index contributed by atoms with van der Waals surface area (Å²) < 4.78 is 2.04. The second-order valence-electron chi connectivity index (χ2n) is 8.48. The molecule has 0 aliphatic carbocycles. The SMILES string of the molecule is Brc1ccc2[nH]cc(-c3nc(-c4ccc(-c5ccccc5)cc4)c(-c4ccc(CI)cc4)[nH]3)c2c1. The molecule has 0 spiro atoms. The second-order valence-corrected chi connectivity index (χ2v) is 10.2. The topological polar surface area (TPSA) is 44.5 Å². The van der Waals surface area contributed by atoms with Crippen molar-refractivity contribution >= 4 is 49.4 Å². The molecule has 0 aliphatic heterocycles. The van der Waals surface area contributed by atoms with Gasteiger partial charge < -0.3 is 9.97 Å². The van der Waals surface area contributed by atoms with Gasteiger partial charge in [0.25, 0.3) is 0 Å². The van der Waals surface area contributed by atoms with E-state index in [1.807, 2.05) is 18.3 Å². The highest BCUT2D eigenvalue weighted by atomic mass is 127. The number of H-pyrrole nitrogens is 2. The summed E-state index contributed by atoms with van der Waals surface area (Å²) in [5.74, 6) is 0.851. The zero-order valence-electron chi connectivity index (χ0n) is 18.7. The predicted octanol–water partition coefficient (Wildman–Crippen LogP) is 9.26. The summed E-state index contributed by atoms with van der Waals surface area (Å²) in [5.41, 5.74) is 10.0. The molecule has 5 heteroatoms. The normalized spacial score (nSPS) is 11.3. The van der Waals surface area contributed by atoms with Crippen molar-refractivity contribution < 1.29 is 0 Å². The molecule has 0 aliphatic rings. The first-order valence-electron chi connectivity index (χ1n) is 11.4. The summed E-state index contributed by atoms with van der Waals surface area (Å²) >= 11 is 6.01. The lowest BCUT2D eigenvalue weighted by molar-refractivity contribution is 1.31. The smallest absolute Gasteiger partial charge is 0.140 e. The Labute approximate surface area is 225 Å². The van der Waals surface area contributed by atoms with Crippen LogP contribution in [-0.4, -0.2) is 15.0 Å². The third-order valence-electron chi connectivity index (χ3n) is 6.27. The Kier molecular flexibility index (Phi) is 6.04. The predicted molar refractivity (Wildman–Crippen MR) is 158 cm³/mol. The molecule has 35 heavy (non-hydrogen) atoms. The minimum atomic E-state index is 0.851. The molecule has 0 amide bonds. The minimum absolute atomic E-state index is 0.851. The van der Waals surface area contributed by atoms with E-state index < -0.39 is 0 Å². The fourth-order valence-electron chi connectivity index (χ4n) is 4.42. The quantitative estimate of drug-likeness (QED) is 0.145. The van der Waals surface area contributed by atoms with E-state index in [9.17, 15) is 0 Å². The summed E-state index contributed by atoms with van der Waals surface area (Å²) in [6.45, 7) is 0. The van der Waals surface area contributed by atoms with Gasteiger partial charge >= 0.3 is 0 Å². The van der Waals surface area contributed by atoms with Gasteiger partial charge in [-0.15, -0.1) is 0 Å². The molecule has 6 aromatic rings. The molecule has 2 aromatic heterocycles. The maximum absolute atomic E-state index is 5.13. The van der Waals surface area contributed by atoms with Gasteiger partial charge in [0.2, 0.25) is 0 Å². The van der Waals surface area contributed by atoms with Crippen LogP contribution in [0.15, 0.2) is 108 Å². The Morgan fingerprint density at radius 2 is 1.43 bits per heavy atom. The number of aromatic nitrogens is 3. The van der Waals surface area contributed by atoms with Crippen molar-refractivity contribution in [1.29, 1.82) is 0 Å². The average molecular weight is 630 g/mol. The third-order valence-corrected chi connectivity index (χ3v) is 7.64. The van der Waals surface area contributed by atoms with Gasteiger partial charge in [-0.3, -0.25) is 0 Å². The summed E-state index contributed by atoms with van der Waals surface area (Å²) in [5, 5.41) is 1.13. The van der Waals surface area contributed by atoms with Crippen molar-refractivity contribution in [3.63, 3.8) is 0 Å². The van der Waals surface area contributed by atoms with Gasteiger partial charge in [-0.1, -0.05) is 117 Å². The van der Waals surface area contributed by atoms with Crippen LogP contribution in [0, 0.1) is 0 Å². The number of fused-ring (bicyclic) bond motifs is 1. The van der Waals surface area contributed by atoms with E-state index in [4.69, 9.17) is 4.98 Å². The first kappa shape index (κ1) is 22.3. The van der Waals surface area contributed by atoms with Gasteiger partial charge in [-0.25, -0.2) is 4.98 Å². The van der Waals surface area contributed by atoms with Crippen LogP contribution >= 0.6 is 38.5 Å². The first-order chi connectivity index (χ1) is 17.2. The van der Waals surface area contributed by atoms with E-state index in [1.165, 1.54) is 16.7 Å². The molecule has 4 aromatic carbocycles. The Morgan fingerprint density at radius 1 is 0.743 bits per heavy atom. The lowest BCUT2D eigenvalue weighted by atomic mass is 10.0. The minimum Gasteiger partial charge on any atom is -0.360 e. The number of imidazole rings is 1. The van der Waals surface area contributed by atoms with Crippen molar-refractivity contribution in [3.8, 4) is 45.0 Å². The number of hydrogen-bond donors (Lipinski definition) is 2. The van der Waals surface area contributed by atoms with Gasteiger partial charge in [0.05, 0.1) is 11.4 Å². The van der Waals surface area contributed by atoms with E-state index in [2.05, 4.69) is 133 Å². The Balaban J connectivity index is 1.49. The van der Waals surface area contributed by atoms with Gasteiger partial charge in [-0.2, -0.15) is 0 Å². The molecule has 0 unspecified atom stereocenters. The Hall–Kier alpha value is -3.16. The Bertz CT molecular complexity index is 1610. The second kappa shape index (κ2) is 9.47. The standard InChI is InChI=1S/C30H21BrIN3/c31-24-14-15-27-25(16-24)26(18-33-27)30-34-28(22-8-6-19(17-32)7-9-22)29(35-30)23-12-10-21(11-13-23)20-4-2-1-3-5-20/h1-16,18,33H,17H2,(H,34,35). The van der Waals surface area contributed by atoms with Crippen LogP contribution in [0.3, 0.4) is 0 Å². The van der Waals surface area contributed by atoms with Crippen LogP contribution in [0.2, 0.25) is 0 Å². The van der Waals surface area contributed by atoms with Crippen LogP contribution in [0.4, 0.5) is 0 Å². The number of aromatic amines is 2. The zero-order chi connectivity index (χ0) is 23.8. The molecule has 0 atom stereocenters. The van der Waals surface area contributed by atoms with Gasteiger partial charge in [0.1, 0.15) is 5.82 Å². The molecule has 0 saturated heterocycles. The number of benzene rings is 4. The zero-order valence-corrected chi connectivity index (χ0v) is 22.5. The number of hydrogen-bond acceptors (Lipinski definition) is 1. The van der Waals surface area contributed by atoms with Crippen molar-refractivity contribution in [2.45, 2.75) is 4.43 Å². The van der Waals surface area contributed by atoms with Crippen molar-refractivity contribution in [1.82, 2.24) is 15.0 Å². The van der Waals surface area contributed by atoms with Crippen LogP contribution in [0.5, 0.6) is 0 Å². The number of nitrogens with zero attached hydrogens (tertiary/aromatic N) is 1. The van der Waals surface area contributed by atoms with Crippen LogP contribution in [0.1, 0.15) is 5.56 Å². The summed E-state index contributed by atoms with van der Waals surface area (Å²) in [4.78, 5) is 12.2. The van der Waals surface area contributed by atoms with Crippen LogP contribution in [-0.2, 0) is 4.43 Å². The van der Waals surface area contributed by atoms with Crippen molar-refractivity contribution in [3.05, 3.63) is 113 Å². The van der Waals surface area contributed by atoms with E-state index in [0.717, 1.165) is 53.7 Å². The maximum atomic E-state index is 5.13. The molecule has 0 fully saturated rings. The van der Waals surface area contributed by atoms with E-state index in [0.29, 0.717) is 0 Å². The lowest BCUT2D eigenvalue weighted by Crippen LogP contribution is -1.86.